The molecule has 1 aromatic carbocycles. The van der Waals surface area contributed by atoms with Gasteiger partial charge in [0, 0.05) is 17.3 Å². The van der Waals surface area contributed by atoms with Crippen LogP contribution in [-0.4, -0.2) is 23.6 Å². The van der Waals surface area contributed by atoms with Crippen LogP contribution in [0.4, 0.5) is 0 Å². The molecule has 0 saturated carbocycles. The molecule has 4 aliphatic rings. The van der Waals surface area contributed by atoms with E-state index in [-0.39, 0.29) is 12.1 Å². The number of nitrogens with zero attached hydrogens (tertiary/aromatic N) is 3. The van der Waals surface area contributed by atoms with Gasteiger partial charge in [0.05, 0.1) is 30.3 Å². The fourth-order valence-electron chi connectivity index (χ4n) is 4.81. The zero-order chi connectivity index (χ0) is 17.1. The monoisotopic (exact) mass is 340 g/mol. The zero-order valence-electron chi connectivity index (χ0n) is 14.6. The number of fused-ring (bicyclic) bond motifs is 6. The minimum absolute atomic E-state index is 0.190. The minimum atomic E-state index is 0.190. The summed E-state index contributed by atoms with van der Waals surface area (Å²) in [5.41, 5.74) is 10.4. The lowest BCUT2D eigenvalue weighted by Crippen LogP contribution is -2.29. The van der Waals surface area contributed by atoms with Crippen molar-refractivity contribution in [3.05, 3.63) is 57.8 Å². The van der Waals surface area contributed by atoms with E-state index in [2.05, 4.69) is 40.7 Å². The highest BCUT2D eigenvalue weighted by atomic mass is 15.1. The Labute approximate surface area is 152 Å². The molecule has 4 heteroatoms. The first-order valence-electron chi connectivity index (χ1n) is 9.53. The van der Waals surface area contributed by atoms with Crippen molar-refractivity contribution in [1.29, 1.82) is 0 Å². The van der Waals surface area contributed by atoms with Crippen molar-refractivity contribution in [3.8, 4) is 11.3 Å². The Morgan fingerprint density at radius 2 is 2.00 bits per heavy atom. The van der Waals surface area contributed by atoms with Gasteiger partial charge in [-0.25, -0.2) is 4.98 Å². The zero-order valence-corrected chi connectivity index (χ0v) is 14.6. The van der Waals surface area contributed by atoms with Crippen LogP contribution in [0.3, 0.4) is 0 Å². The number of benzene rings is 1. The molecule has 2 unspecified atom stereocenters. The normalized spacial score (nSPS) is 24.0. The van der Waals surface area contributed by atoms with Gasteiger partial charge in [0.1, 0.15) is 6.04 Å². The summed E-state index contributed by atoms with van der Waals surface area (Å²) in [6, 6.07) is 7.18. The highest BCUT2D eigenvalue weighted by Gasteiger charge is 2.34. The molecule has 3 heterocycles. The predicted octanol–water partition coefficient (Wildman–Crippen LogP) is 3.63. The van der Waals surface area contributed by atoms with E-state index in [1.54, 1.807) is 0 Å². The summed E-state index contributed by atoms with van der Waals surface area (Å²) in [7, 11) is 0. The number of hydrogen-bond acceptors (Lipinski definition) is 4. The fourth-order valence-corrected chi connectivity index (χ4v) is 4.81. The first kappa shape index (κ1) is 14.4. The highest BCUT2D eigenvalue weighted by Crippen LogP contribution is 2.41. The SMILES string of the molecule is C1=CC2NC=NC2c2c1nc(-c1ccc3c(c1)C=NC3)c1c2CCCC1. The quantitative estimate of drug-likeness (QED) is 0.862. The smallest absolute Gasteiger partial charge is 0.103 e. The number of aromatic nitrogens is 1. The first-order chi connectivity index (χ1) is 12.9. The van der Waals surface area contributed by atoms with Crippen LogP contribution in [0.1, 0.15) is 52.4 Å². The largest absolute Gasteiger partial charge is 0.368 e. The summed E-state index contributed by atoms with van der Waals surface area (Å²) < 4.78 is 0. The Kier molecular flexibility index (Phi) is 2.98. The van der Waals surface area contributed by atoms with Crippen molar-refractivity contribution in [1.82, 2.24) is 10.3 Å². The molecule has 26 heavy (non-hydrogen) atoms. The third kappa shape index (κ3) is 1.99. The van der Waals surface area contributed by atoms with Gasteiger partial charge < -0.3 is 5.32 Å². The number of aliphatic imine (C=N–C) groups is 2. The molecular formula is C22H20N4. The number of rotatable bonds is 1. The van der Waals surface area contributed by atoms with Crippen molar-refractivity contribution in [3.63, 3.8) is 0 Å². The van der Waals surface area contributed by atoms with Crippen LogP contribution in [0.2, 0.25) is 0 Å². The van der Waals surface area contributed by atoms with E-state index in [1.165, 1.54) is 51.9 Å². The van der Waals surface area contributed by atoms with E-state index in [9.17, 15) is 0 Å². The summed E-state index contributed by atoms with van der Waals surface area (Å²) >= 11 is 0. The summed E-state index contributed by atoms with van der Waals surface area (Å²) in [5.74, 6) is 0. The maximum atomic E-state index is 5.15. The first-order valence-corrected chi connectivity index (χ1v) is 9.53. The van der Waals surface area contributed by atoms with Gasteiger partial charge in [-0.05, 0) is 60.1 Å². The van der Waals surface area contributed by atoms with Crippen molar-refractivity contribution in [2.75, 3.05) is 0 Å². The number of hydrogen-bond donors (Lipinski definition) is 1. The van der Waals surface area contributed by atoms with Crippen molar-refractivity contribution < 1.29 is 0 Å². The minimum Gasteiger partial charge on any atom is -0.368 e. The maximum absolute atomic E-state index is 5.15. The van der Waals surface area contributed by atoms with Gasteiger partial charge in [0.25, 0.3) is 0 Å². The third-order valence-corrected chi connectivity index (χ3v) is 6.10. The van der Waals surface area contributed by atoms with E-state index in [0.29, 0.717) is 0 Å². The molecule has 0 fully saturated rings. The molecular weight excluding hydrogens is 320 g/mol. The number of pyridine rings is 1. The van der Waals surface area contributed by atoms with Crippen LogP contribution < -0.4 is 5.32 Å². The summed E-state index contributed by atoms with van der Waals surface area (Å²) in [5, 5.41) is 3.36. The van der Waals surface area contributed by atoms with Gasteiger partial charge in [-0.15, -0.1) is 0 Å². The lowest BCUT2D eigenvalue weighted by atomic mass is 9.80. The maximum Gasteiger partial charge on any atom is 0.103 e. The Balaban J connectivity index is 1.59. The Hall–Kier alpha value is -2.75. The molecule has 128 valence electrons. The molecule has 0 amide bonds. The van der Waals surface area contributed by atoms with Crippen LogP contribution in [0.15, 0.2) is 34.3 Å². The van der Waals surface area contributed by atoms with E-state index in [4.69, 9.17) is 9.98 Å². The van der Waals surface area contributed by atoms with E-state index >= 15 is 0 Å². The highest BCUT2D eigenvalue weighted by molar-refractivity contribution is 5.87. The Bertz CT molecular complexity index is 1020. The Morgan fingerprint density at radius 1 is 1.08 bits per heavy atom. The van der Waals surface area contributed by atoms with Gasteiger partial charge in [0.2, 0.25) is 0 Å². The second kappa shape index (κ2) is 5.37. The summed E-state index contributed by atoms with van der Waals surface area (Å²) in [4.78, 5) is 14.3. The van der Waals surface area contributed by atoms with E-state index in [1.807, 2.05) is 12.6 Å². The van der Waals surface area contributed by atoms with Crippen LogP contribution >= 0.6 is 0 Å². The molecule has 2 aliphatic carbocycles. The lowest BCUT2D eigenvalue weighted by Gasteiger charge is -2.29. The Morgan fingerprint density at radius 3 is 2.96 bits per heavy atom. The van der Waals surface area contributed by atoms with Gasteiger partial charge in [0.15, 0.2) is 0 Å². The molecule has 0 bridgehead atoms. The fraction of sp³-hybridized carbons (Fsp3) is 0.318. The van der Waals surface area contributed by atoms with Crippen molar-refractivity contribution >= 4 is 18.6 Å². The van der Waals surface area contributed by atoms with Crippen LogP contribution in [0.25, 0.3) is 17.3 Å². The van der Waals surface area contributed by atoms with Crippen LogP contribution in [0.5, 0.6) is 0 Å². The molecule has 4 nitrogen and oxygen atoms in total. The van der Waals surface area contributed by atoms with Gasteiger partial charge in [-0.2, -0.15) is 0 Å². The third-order valence-electron chi connectivity index (χ3n) is 6.10. The molecule has 6 rings (SSSR count). The van der Waals surface area contributed by atoms with Crippen LogP contribution in [-0.2, 0) is 19.4 Å². The van der Waals surface area contributed by atoms with Gasteiger partial charge >= 0.3 is 0 Å². The molecule has 0 radical (unpaired) electrons. The second-order valence-corrected chi connectivity index (χ2v) is 7.58. The van der Waals surface area contributed by atoms with Crippen LogP contribution in [0, 0.1) is 0 Å². The molecule has 2 aliphatic heterocycles. The lowest BCUT2D eigenvalue weighted by molar-refractivity contribution is 0.604. The van der Waals surface area contributed by atoms with E-state index < -0.39 is 0 Å². The summed E-state index contributed by atoms with van der Waals surface area (Å²) in [6.45, 7) is 0.808. The topological polar surface area (TPSA) is 49.6 Å². The molecule has 1 N–H and O–H groups in total. The standard InChI is InChI=1S/C22H20N4/c1-2-4-17-16(3-1)20-18(7-8-19-22(20)25-12-24-19)26-21(17)13-5-6-14-10-23-11-15(14)9-13/h5-9,11-12,19,22H,1-4,10H2,(H,24,25). The predicted molar refractivity (Wildman–Crippen MR) is 105 cm³/mol. The number of nitrogens with one attached hydrogen (secondary N) is 1. The average Bonchev–Trinajstić information content (AvgIpc) is 3.35. The van der Waals surface area contributed by atoms with Crippen molar-refractivity contribution in [2.45, 2.75) is 44.3 Å². The van der Waals surface area contributed by atoms with Gasteiger partial charge in [-0.3, -0.25) is 9.98 Å². The second-order valence-electron chi connectivity index (χ2n) is 7.58. The summed E-state index contributed by atoms with van der Waals surface area (Å²) in [6.07, 6.45) is 13.0. The molecule has 1 aromatic heterocycles. The molecule has 2 atom stereocenters. The van der Waals surface area contributed by atoms with Gasteiger partial charge in [-0.1, -0.05) is 18.2 Å². The molecule has 0 spiro atoms. The molecule has 2 aromatic rings. The average molecular weight is 340 g/mol. The van der Waals surface area contributed by atoms with Crippen molar-refractivity contribution in [2.24, 2.45) is 9.98 Å². The molecule has 0 saturated heterocycles. The van der Waals surface area contributed by atoms with E-state index in [0.717, 1.165) is 25.1 Å².